The van der Waals surface area contributed by atoms with E-state index in [1.54, 1.807) is 7.11 Å². The summed E-state index contributed by atoms with van der Waals surface area (Å²) < 4.78 is 5.53. The van der Waals surface area contributed by atoms with Crippen molar-refractivity contribution in [1.82, 2.24) is 5.32 Å². The van der Waals surface area contributed by atoms with Crippen LogP contribution in [0.2, 0.25) is 0 Å². The molecule has 1 aromatic carbocycles. The van der Waals surface area contributed by atoms with Crippen LogP contribution < -0.4 is 10.1 Å². The van der Waals surface area contributed by atoms with Crippen molar-refractivity contribution in [3.8, 4) is 5.75 Å². The predicted octanol–water partition coefficient (Wildman–Crippen LogP) is 4.45. The van der Waals surface area contributed by atoms with E-state index in [0.29, 0.717) is 0 Å². The quantitative estimate of drug-likeness (QED) is 0.807. The van der Waals surface area contributed by atoms with Gasteiger partial charge in [0.15, 0.2) is 0 Å². The Hall–Kier alpha value is -1.51. The van der Waals surface area contributed by atoms with E-state index in [9.17, 15) is 4.79 Å². The smallest absolute Gasteiger partial charge is 0.223 e. The number of benzene rings is 1. The second-order valence-corrected chi connectivity index (χ2v) is 6.99. The van der Waals surface area contributed by atoms with Gasteiger partial charge in [-0.25, -0.2) is 0 Å². The Morgan fingerprint density at radius 1 is 1.26 bits per heavy atom. The molecule has 128 valence electrons. The highest BCUT2D eigenvalue weighted by molar-refractivity contribution is 5.78. The fraction of sp³-hybridized carbons (Fsp3) is 0.650. The van der Waals surface area contributed by atoms with Crippen molar-refractivity contribution in [1.29, 1.82) is 0 Å². The molecule has 1 saturated carbocycles. The molecule has 0 bridgehead atoms. The van der Waals surface area contributed by atoms with Crippen molar-refractivity contribution in [3.05, 3.63) is 29.8 Å². The van der Waals surface area contributed by atoms with Gasteiger partial charge in [-0.3, -0.25) is 4.79 Å². The van der Waals surface area contributed by atoms with Gasteiger partial charge in [-0.05, 0) is 37.2 Å². The second-order valence-electron chi connectivity index (χ2n) is 6.99. The van der Waals surface area contributed by atoms with Gasteiger partial charge in [0.2, 0.25) is 5.91 Å². The molecular formula is C20H31NO2. The minimum absolute atomic E-state index is 0.0203. The van der Waals surface area contributed by atoms with Crippen molar-refractivity contribution in [2.24, 2.45) is 5.92 Å². The third-order valence-corrected chi connectivity index (χ3v) is 5.49. The monoisotopic (exact) mass is 317 g/mol. The number of hydrogen-bond acceptors (Lipinski definition) is 2. The molecule has 1 aromatic rings. The minimum atomic E-state index is 0.0203. The lowest BCUT2D eigenvalue weighted by Gasteiger charge is -2.31. The number of ether oxygens (including phenoxy) is 1. The van der Waals surface area contributed by atoms with Crippen LogP contribution in [0.3, 0.4) is 0 Å². The molecule has 23 heavy (non-hydrogen) atoms. The maximum absolute atomic E-state index is 12.3. The van der Waals surface area contributed by atoms with E-state index in [2.05, 4.69) is 31.3 Å². The molecule has 2 rings (SSSR count). The first kappa shape index (κ1) is 17.8. The van der Waals surface area contributed by atoms with E-state index in [-0.39, 0.29) is 17.2 Å². The Balaban J connectivity index is 1.94. The van der Waals surface area contributed by atoms with Crippen molar-refractivity contribution in [2.45, 2.75) is 64.2 Å². The fourth-order valence-electron chi connectivity index (χ4n) is 3.62. The Bertz CT molecular complexity index is 508. The van der Waals surface area contributed by atoms with E-state index in [1.165, 1.54) is 24.8 Å². The van der Waals surface area contributed by atoms with E-state index in [4.69, 9.17) is 4.74 Å². The summed E-state index contributed by atoms with van der Waals surface area (Å²) in [7, 11) is 1.72. The fourth-order valence-corrected chi connectivity index (χ4v) is 3.62. The molecule has 1 amide bonds. The van der Waals surface area contributed by atoms with Gasteiger partial charge < -0.3 is 10.1 Å². The van der Waals surface area contributed by atoms with Gasteiger partial charge in [0.25, 0.3) is 0 Å². The molecular weight excluding hydrogens is 286 g/mol. The third-order valence-electron chi connectivity index (χ3n) is 5.49. The molecule has 3 nitrogen and oxygen atoms in total. The van der Waals surface area contributed by atoms with Crippen LogP contribution in [0, 0.1) is 5.92 Å². The van der Waals surface area contributed by atoms with Gasteiger partial charge >= 0.3 is 0 Å². The lowest BCUT2D eigenvalue weighted by atomic mass is 9.76. The van der Waals surface area contributed by atoms with Crippen molar-refractivity contribution in [2.75, 3.05) is 13.7 Å². The van der Waals surface area contributed by atoms with Crippen LogP contribution in [0.5, 0.6) is 5.75 Å². The highest BCUT2D eigenvalue weighted by atomic mass is 16.5. The average molecular weight is 317 g/mol. The predicted molar refractivity (Wildman–Crippen MR) is 94.8 cm³/mol. The number of para-hydroxylation sites is 1. The van der Waals surface area contributed by atoms with Crippen molar-refractivity contribution >= 4 is 5.91 Å². The molecule has 1 aliphatic rings. The SMILES string of the molecule is CCC(C)(CCNC(=O)C1CCCCC1)c1ccccc1OC. The van der Waals surface area contributed by atoms with Crippen LogP contribution in [0.1, 0.15) is 64.4 Å². The lowest BCUT2D eigenvalue weighted by Crippen LogP contribution is -2.35. The molecule has 0 aromatic heterocycles. The third kappa shape index (κ3) is 4.49. The van der Waals surface area contributed by atoms with Gasteiger partial charge in [-0.2, -0.15) is 0 Å². The van der Waals surface area contributed by atoms with Crippen LogP contribution in [0.4, 0.5) is 0 Å². The Morgan fingerprint density at radius 3 is 2.61 bits per heavy atom. The van der Waals surface area contributed by atoms with Crippen molar-refractivity contribution in [3.63, 3.8) is 0 Å². The highest BCUT2D eigenvalue weighted by Crippen LogP contribution is 2.36. The van der Waals surface area contributed by atoms with Gasteiger partial charge in [-0.1, -0.05) is 51.3 Å². The number of carbonyl (C=O) groups is 1. The summed E-state index contributed by atoms with van der Waals surface area (Å²) in [5, 5.41) is 3.17. The van der Waals surface area contributed by atoms with Gasteiger partial charge in [-0.15, -0.1) is 0 Å². The summed E-state index contributed by atoms with van der Waals surface area (Å²) >= 11 is 0. The van der Waals surface area contributed by atoms with Crippen molar-refractivity contribution < 1.29 is 9.53 Å². The highest BCUT2D eigenvalue weighted by Gasteiger charge is 2.28. The zero-order valence-electron chi connectivity index (χ0n) is 14.9. The zero-order valence-corrected chi connectivity index (χ0v) is 14.9. The molecule has 1 aliphatic carbocycles. The average Bonchev–Trinajstić information content (AvgIpc) is 2.62. The molecule has 0 radical (unpaired) electrons. The summed E-state index contributed by atoms with van der Waals surface area (Å²) in [6, 6.07) is 8.23. The number of methoxy groups -OCH3 is 1. The number of amides is 1. The van der Waals surface area contributed by atoms with E-state index in [0.717, 1.165) is 38.0 Å². The molecule has 3 heteroatoms. The van der Waals surface area contributed by atoms with Crippen LogP contribution in [0.25, 0.3) is 0 Å². The molecule has 0 aliphatic heterocycles. The van der Waals surface area contributed by atoms with Gasteiger partial charge in [0.1, 0.15) is 5.75 Å². The summed E-state index contributed by atoms with van der Waals surface area (Å²) in [5.41, 5.74) is 1.25. The van der Waals surface area contributed by atoms with E-state index >= 15 is 0 Å². The number of hydrogen-bond donors (Lipinski definition) is 1. The topological polar surface area (TPSA) is 38.3 Å². The minimum Gasteiger partial charge on any atom is -0.496 e. The molecule has 0 spiro atoms. The molecule has 1 fully saturated rings. The summed E-state index contributed by atoms with van der Waals surface area (Å²) in [6.07, 6.45) is 7.76. The number of nitrogens with one attached hydrogen (secondary N) is 1. The number of rotatable bonds is 7. The van der Waals surface area contributed by atoms with Crippen LogP contribution in [-0.2, 0) is 10.2 Å². The standard InChI is InChI=1S/C20H31NO2/c1-4-20(2,17-12-8-9-13-18(17)23-3)14-15-21-19(22)16-10-6-5-7-11-16/h8-9,12-13,16H,4-7,10-11,14-15H2,1-3H3,(H,21,22). The molecule has 0 heterocycles. The maximum atomic E-state index is 12.3. The van der Waals surface area contributed by atoms with Crippen LogP contribution in [-0.4, -0.2) is 19.6 Å². The Morgan fingerprint density at radius 2 is 1.96 bits per heavy atom. The van der Waals surface area contributed by atoms with E-state index < -0.39 is 0 Å². The van der Waals surface area contributed by atoms with Gasteiger partial charge in [0.05, 0.1) is 7.11 Å². The first-order valence-corrected chi connectivity index (χ1v) is 9.02. The largest absolute Gasteiger partial charge is 0.496 e. The van der Waals surface area contributed by atoms with Crippen LogP contribution in [0.15, 0.2) is 24.3 Å². The first-order valence-electron chi connectivity index (χ1n) is 9.02. The summed E-state index contributed by atoms with van der Waals surface area (Å²) in [5.74, 6) is 1.43. The zero-order chi connectivity index (χ0) is 16.7. The van der Waals surface area contributed by atoms with Gasteiger partial charge in [0, 0.05) is 18.0 Å². The molecule has 0 saturated heterocycles. The van der Waals surface area contributed by atoms with E-state index in [1.807, 2.05) is 12.1 Å². The second kappa shape index (κ2) is 8.37. The molecule has 1 unspecified atom stereocenters. The van der Waals surface area contributed by atoms with Crippen LogP contribution >= 0.6 is 0 Å². The molecule has 1 atom stereocenters. The Kier molecular flexibility index (Phi) is 6.49. The number of carbonyl (C=O) groups excluding carboxylic acids is 1. The maximum Gasteiger partial charge on any atom is 0.223 e. The summed E-state index contributed by atoms with van der Waals surface area (Å²) in [4.78, 5) is 12.3. The molecule has 1 N–H and O–H groups in total. The summed E-state index contributed by atoms with van der Waals surface area (Å²) in [6.45, 7) is 5.20. The lowest BCUT2D eigenvalue weighted by molar-refractivity contribution is -0.125. The Labute approximate surface area is 140 Å². The first-order chi connectivity index (χ1) is 11.1. The normalized spacial score (nSPS) is 18.2.